The number of rotatable bonds is 5. The number of carbonyl (C=O) groups is 2. The van der Waals surface area contributed by atoms with Crippen LogP contribution in [0.25, 0.3) is 0 Å². The van der Waals surface area contributed by atoms with Crippen LogP contribution in [0.15, 0.2) is 54.6 Å². The molecule has 1 N–H and O–H groups in total. The van der Waals surface area contributed by atoms with Crippen molar-refractivity contribution in [2.24, 2.45) is 11.3 Å². The number of benzene rings is 2. The van der Waals surface area contributed by atoms with Gasteiger partial charge in [-0.05, 0) is 43.2 Å². The molecule has 1 aliphatic carbocycles. The van der Waals surface area contributed by atoms with E-state index in [9.17, 15) is 14.0 Å². The average Bonchev–Trinajstić information content (AvgIpc) is 3.21. The molecule has 2 fully saturated rings. The van der Waals surface area contributed by atoms with E-state index in [4.69, 9.17) is 4.74 Å². The van der Waals surface area contributed by atoms with E-state index < -0.39 is 0 Å². The maximum absolute atomic E-state index is 13.3. The Labute approximate surface area is 157 Å². The minimum atomic E-state index is -0.380. The number of hydrogen-bond acceptors (Lipinski definition) is 3. The molecule has 2 aliphatic rings. The quantitative estimate of drug-likeness (QED) is 0.882. The summed E-state index contributed by atoms with van der Waals surface area (Å²) in [6, 6.07) is 15.1. The Balaban J connectivity index is 1.29. The van der Waals surface area contributed by atoms with Crippen molar-refractivity contribution in [3.05, 3.63) is 60.4 Å². The van der Waals surface area contributed by atoms with Crippen LogP contribution in [0.4, 0.5) is 10.1 Å². The number of nitrogens with zero attached hydrogens (tertiary/aromatic N) is 1. The molecule has 140 valence electrons. The Hall–Kier alpha value is -2.89. The molecule has 5 nitrogen and oxygen atoms in total. The Morgan fingerprint density at radius 2 is 2.00 bits per heavy atom. The molecule has 0 aromatic heterocycles. The maximum Gasteiger partial charge on any atom is 0.260 e. The van der Waals surface area contributed by atoms with Crippen LogP contribution in [0.1, 0.15) is 12.8 Å². The summed E-state index contributed by atoms with van der Waals surface area (Å²) >= 11 is 0. The highest BCUT2D eigenvalue weighted by Crippen LogP contribution is 2.58. The summed E-state index contributed by atoms with van der Waals surface area (Å²) in [5.74, 6) is -0.0103. The predicted octanol–water partition coefficient (Wildman–Crippen LogP) is 3.08. The third-order valence-electron chi connectivity index (χ3n) is 5.44. The highest BCUT2D eigenvalue weighted by atomic mass is 19.1. The summed E-state index contributed by atoms with van der Waals surface area (Å²) in [5, 5.41) is 2.78. The minimum Gasteiger partial charge on any atom is -0.484 e. The van der Waals surface area contributed by atoms with E-state index >= 15 is 0 Å². The summed E-state index contributed by atoms with van der Waals surface area (Å²) < 4.78 is 18.8. The van der Waals surface area contributed by atoms with Crippen molar-refractivity contribution >= 4 is 17.5 Å². The molecule has 1 heterocycles. The van der Waals surface area contributed by atoms with Crippen LogP contribution >= 0.6 is 0 Å². The molecule has 2 aromatic carbocycles. The van der Waals surface area contributed by atoms with Crippen LogP contribution < -0.4 is 10.1 Å². The van der Waals surface area contributed by atoms with E-state index in [1.807, 2.05) is 30.3 Å². The second-order valence-electron chi connectivity index (χ2n) is 7.29. The van der Waals surface area contributed by atoms with Gasteiger partial charge in [0.15, 0.2) is 6.61 Å². The highest BCUT2D eigenvalue weighted by molar-refractivity contribution is 5.95. The number of amides is 2. The summed E-state index contributed by atoms with van der Waals surface area (Å²) in [6.07, 6.45) is 1.57. The first kappa shape index (κ1) is 17.5. The fourth-order valence-electron chi connectivity index (χ4n) is 3.83. The number of carbonyl (C=O) groups excluding carboxylic acids is 2. The molecule has 0 unspecified atom stereocenters. The number of likely N-dealkylation sites (tertiary alicyclic amines) is 1. The molecule has 0 bridgehead atoms. The zero-order valence-corrected chi connectivity index (χ0v) is 14.9. The lowest BCUT2D eigenvalue weighted by Gasteiger charge is -2.17. The van der Waals surface area contributed by atoms with E-state index in [-0.39, 0.29) is 35.6 Å². The molecular formula is C21H21FN2O3. The van der Waals surface area contributed by atoms with Gasteiger partial charge in [-0.3, -0.25) is 9.59 Å². The number of nitrogens with one attached hydrogen (secondary N) is 1. The molecule has 6 heteroatoms. The fraction of sp³-hybridized carbons (Fsp3) is 0.333. The molecule has 1 saturated heterocycles. The second kappa shape index (κ2) is 7.02. The van der Waals surface area contributed by atoms with Gasteiger partial charge in [0.05, 0.1) is 0 Å². The molecule has 1 saturated carbocycles. The first-order valence-corrected chi connectivity index (χ1v) is 9.08. The van der Waals surface area contributed by atoms with Crippen LogP contribution in [0, 0.1) is 17.2 Å². The SMILES string of the molecule is O=C(Nc1cccc(F)c1)[C@@H]1C[C@]12CCN(C(=O)COc1ccccc1)C2. The Morgan fingerprint density at radius 1 is 1.19 bits per heavy atom. The lowest BCUT2D eigenvalue weighted by atomic mass is 10.0. The lowest BCUT2D eigenvalue weighted by molar-refractivity contribution is -0.132. The van der Waals surface area contributed by atoms with Gasteiger partial charge in [0.1, 0.15) is 11.6 Å². The highest BCUT2D eigenvalue weighted by Gasteiger charge is 2.61. The van der Waals surface area contributed by atoms with Gasteiger partial charge in [-0.1, -0.05) is 24.3 Å². The smallest absolute Gasteiger partial charge is 0.260 e. The minimum absolute atomic E-state index is 0.000247. The molecule has 27 heavy (non-hydrogen) atoms. The van der Waals surface area contributed by atoms with Gasteiger partial charge in [0.2, 0.25) is 5.91 Å². The van der Waals surface area contributed by atoms with E-state index in [1.165, 1.54) is 12.1 Å². The monoisotopic (exact) mass is 368 g/mol. The number of para-hydroxylation sites is 1. The van der Waals surface area contributed by atoms with Gasteiger partial charge in [0, 0.05) is 30.1 Å². The Kier molecular flexibility index (Phi) is 4.56. The molecule has 1 spiro atoms. The number of halogens is 1. The molecule has 0 radical (unpaired) electrons. The van der Waals surface area contributed by atoms with Crippen molar-refractivity contribution in [2.75, 3.05) is 25.0 Å². The third-order valence-corrected chi connectivity index (χ3v) is 5.44. The first-order valence-electron chi connectivity index (χ1n) is 9.08. The predicted molar refractivity (Wildman–Crippen MR) is 98.7 cm³/mol. The average molecular weight is 368 g/mol. The maximum atomic E-state index is 13.3. The Bertz CT molecular complexity index is 858. The van der Waals surface area contributed by atoms with Crippen molar-refractivity contribution in [1.82, 2.24) is 4.90 Å². The van der Waals surface area contributed by atoms with E-state index in [1.54, 1.807) is 17.0 Å². The van der Waals surface area contributed by atoms with Crippen molar-refractivity contribution in [3.63, 3.8) is 0 Å². The van der Waals surface area contributed by atoms with Crippen molar-refractivity contribution in [3.8, 4) is 5.75 Å². The molecule has 4 rings (SSSR count). The van der Waals surface area contributed by atoms with Crippen LogP contribution in [0.2, 0.25) is 0 Å². The zero-order chi connectivity index (χ0) is 18.9. The van der Waals surface area contributed by atoms with Crippen molar-refractivity contribution < 1.29 is 18.7 Å². The molecular weight excluding hydrogens is 347 g/mol. The normalized spacial score (nSPS) is 23.3. The van der Waals surface area contributed by atoms with E-state index in [0.29, 0.717) is 24.5 Å². The second-order valence-corrected chi connectivity index (χ2v) is 7.29. The van der Waals surface area contributed by atoms with Crippen molar-refractivity contribution in [1.29, 1.82) is 0 Å². The van der Waals surface area contributed by atoms with E-state index in [0.717, 1.165) is 12.8 Å². The number of anilines is 1. The summed E-state index contributed by atoms with van der Waals surface area (Å²) in [6.45, 7) is 1.21. The summed E-state index contributed by atoms with van der Waals surface area (Å²) in [5.41, 5.74) is 0.323. The van der Waals surface area contributed by atoms with Gasteiger partial charge < -0.3 is 15.0 Å². The van der Waals surface area contributed by atoms with Crippen molar-refractivity contribution in [2.45, 2.75) is 12.8 Å². The summed E-state index contributed by atoms with van der Waals surface area (Å²) in [4.78, 5) is 26.6. The summed E-state index contributed by atoms with van der Waals surface area (Å²) in [7, 11) is 0. The third kappa shape index (κ3) is 3.79. The topological polar surface area (TPSA) is 58.6 Å². The molecule has 2 atom stereocenters. The molecule has 2 amide bonds. The Morgan fingerprint density at radius 3 is 2.78 bits per heavy atom. The lowest BCUT2D eigenvalue weighted by Crippen LogP contribution is -2.33. The van der Waals surface area contributed by atoms with Gasteiger partial charge in [-0.25, -0.2) is 4.39 Å². The zero-order valence-electron chi connectivity index (χ0n) is 14.9. The fourth-order valence-corrected chi connectivity index (χ4v) is 3.83. The van der Waals surface area contributed by atoms with Crippen LogP contribution in [-0.2, 0) is 9.59 Å². The van der Waals surface area contributed by atoms with E-state index in [2.05, 4.69) is 5.32 Å². The number of hydrogen-bond donors (Lipinski definition) is 1. The first-order chi connectivity index (χ1) is 13.1. The largest absolute Gasteiger partial charge is 0.484 e. The van der Waals surface area contributed by atoms with Gasteiger partial charge >= 0.3 is 0 Å². The molecule has 2 aromatic rings. The van der Waals surface area contributed by atoms with Crippen LogP contribution in [-0.4, -0.2) is 36.4 Å². The molecule has 1 aliphatic heterocycles. The van der Waals surface area contributed by atoms with Crippen LogP contribution in [0.5, 0.6) is 5.75 Å². The van der Waals surface area contributed by atoms with Crippen LogP contribution in [0.3, 0.4) is 0 Å². The number of ether oxygens (including phenoxy) is 1. The van der Waals surface area contributed by atoms with Gasteiger partial charge in [-0.2, -0.15) is 0 Å². The standard InChI is InChI=1S/C21H21FN2O3/c22-15-5-4-6-16(11-15)23-20(26)18-12-21(18)9-10-24(14-21)19(25)13-27-17-7-2-1-3-8-17/h1-8,11,18H,9-10,12-14H2,(H,23,26)/t18-,21-/m0/s1. The van der Waals surface area contributed by atoms with Gasteiger partial charge in [0.25, 0.3) is 5.91 Å². The van der Waals surface area contributed by atoms with Gasteiger partial charge in [-0.15, -0.1) is 0 Å².